The van der Waals surface area contributed by atoms with Gasteiger partial charge in [0.05, 0.1) is 29.9 Å². The Bertz CT molecular complexity index is 847. The number of benzene rings is 1. The van der Waals surface area contributed by atoms with E-state index < -0.39 is 5.97 Å². The van der Waals surface area contributed by atoms with Crippen molar-refractivity contribution >= 4 is 11.9 Å². The van der Waals surface area contributed by atoms with Gasteiger partial charge in [-0.25, -0.2) is 0 Å². The monoisotopic (exact) mass is 416 g/mol. The summed E-state index contributed by atoms with van der Waals surface area (Å²) in [4.78, 5) is 26.1. The molecule has 2 atom stereocenters. The van der Waals surface area contributed by atoms with Crippen molar-refractivity contribution in [2.45, 2.75) is 52.9 Å². The van der Waals surface area contributed by atoms with Crippen molar-refractivity contribution in [2.75, 3.05) is 19.7 Å². The third-order valence-electron chi connectivity index (χ3n) is 4.97. The minimum atomic E-state index is -0.443. The van der Waals surface area contributed by atoms with E-state index in [0.29, 0.717) is 25.4 Å². The Hall–Kier alpha value is -2.87. The van der Waals surface area contributed by atoms with Gasteiger partial charge in [0.15, 0.2) is 6.61 Å². The van der Waals surface area contributed by atoms with E-state index in [1.54, 1.807) is 29.2 Å². The molecule has 1 amide bonds. The molecule has 1 aromatic heterocycles. The van der Waals surface area contributed by atoms with Gasteiger partial charge in [-0.3, -0.25) is 9.59 Å². The maximum Gasteiger partial charge on any atom is 0.310 e. The first kappa shape index (κ1) is 21.8. The van der Waals surface area contributed by atoms with E-state index in [9.17, 15) is 9.59 Å². The zero-order chi connectivity index (χ0) is 21.7. The molecule has 8 heteroatoms. The molecule has 0 aliphatic carbocycles. The van der Waals surface area contributed by atoms with E-state index in [0.717, 1.165) is 22.6 Å². The molecule has 2 heterocycles. The maximum absolute atomic E-state index is 12.3. The minimum Gasteiger partial charge on any atom is -0.489 e. The zero-order valence-electron chi connectivity index (χ0n) is 17.8. The maximum atomic E-state index is 12.3. The summed E-state index contributed by atoms with van der Waals surface area (Å²) in [5.41, 5.74) is 2.52. The highest BCUT2D eigenvalue weighted by Crippen LogP contribution is 2.18. The number of hydrogen-bond donors (Lipinski definition) is 0. The number of rotatable bonds is 7. The molecule has 3 rings (SSSR count). The number of amides is 1. The average Bonchev–Trinajstić information content (AvgIpc) is 3.02. The van der Waals surface area contributed by atoms with Gasteiger partial charge >= 0.3 is 5.97 Å². The Morgan fingerprint density at radius 2 is 1.80 bits per heavy atom. The molecule has 1 saturated heterocycles. The molecule has 1 aromatic carbocycles. The number of ether oxygens (including phenoxy) is 3. The molecular weight excluding hydrogens is 388 g/mol. The molecule has 30 heavy (non-hydrogen) atoms. The quantitative estimate of drug-likeness (QED) is 0.641. The van der Waals surface area contributed by atoms with Crippen LogP contribution in [-0.4, -0.2) is 53.8 Å². The molecule has 0 N–H and O–H groups in total. The van der Waals surface area contributed by atoms with Crippen LogP contribution in [-0.2, 0) is 32.1 Å². The molecule has 162 valence electrons. The van der Waals surface area contributed by atoms with Crippen LogP contribution < -0.4 is 4.74 Å². The first-order chi connectivity index (χ1) is 14.3. The second-order valence-electron chi connectivity index (χ2n) is 7.63. The number of esters is 1. The van der Waals surface area contributed by atoms with Crippen LogP contribution in [0, 0.1) is 13.8 Å². The first-order valence-corrected chi connectivity index (χ1v) is 10.0. The van der Waals surface area contributed by atoms with Gasteiger partial charge in [-0.2, -0.15) is 0 Å². The summed E-state index contributed by atoms with van der Waals surface area (Å²) < 4.78 is 21.7. The molecule has 0 radical (unpaired) electrons. The summed E-state index contributed by atoms with van der Waals surface area (Å²) in [5.74, 6) is 0.774. The van der Waals surface area contributed by atoms with E-state index in [4.69, 9.17) is 18.7 Å². The molecule has 1 aliphatic heterocycles. The predicted octanol–water partition coefficient (Wildman–Crippen LogP) is 2.59. The van der Waals surface area contributed by atoms with Crippen molar-refractivity contribution < 1.29 is 28.3 Å². The van der Waals surface area contributed by atoms with Crippen molar-refractivity contribution in [1.29, 1.82) is 0 Å². The van der Waals surface area contributed by atoms with E-state index in [2.05, 4.69) is 5.16 Å². The summed E-state index contributed by atoms with van der Waals surface area (Å²) in [7, 11) is 0. The van der Waals surface area contributed by atoms with E-state index in [1.807, 2.05) is 27.7 Å². The van der Waals surface area contributed by atoms with Gasteiger partial charge in [0.25, 0.3) is 5.91 Å². The van der Waals surface area contributed by atoms with Gasteiger partial charge in [-0.15, -0.1) is 0 Å². The van der Waals surface area contributed by atoms with Crippen LogP contribution in [0.15, 0.2) is 28.8 Å². The number of nitrogens with zero attached hydrogens (tertiary/aromatic N) is 2. The standard InChI is InChI=1S/C22H28N2O6/c1-14-10-24(11-15(2)29-14)21(25)13-28-22(26)9-18-5-7-19(8-6-18)27-12-20-16(3)23-30-17(20)4/h5-8,14-15H,9-13H2,1-4H3/t14-,15-/m0/s1. The molecule has 8 nitrogen and oxygen atoms in total. The average molecular weight is 416 g/mol. The lowest BCUT2D eigenvalue weighted by Gasteiger charge is -2.35. The first-order valence-electron chi connectivity index (χ1n) is 10.0. The van der Waals surface area contributed by atoms with Crippen LogP contribution in [0.1, 0.15) is 36.4 Å². The fraction of sp³-hybridized carbons (Fsp3) is 0.500. The van der Waals surface area contributed by atoms with Crippen LogP contribution in [0.4, 0.5) is 0 Å². The van der Waals surface area contributed by atoms with Crippen molar-refractivity contribution in [1.82, 2.24) is 10.1 Å². The fourth-order valence-corrected chi connectivity index (χ4v) is 3.40. The molecule has 2 aromatic rings. The smallest absolute Gasteiger partial charge is 0.310 e. The summed E-state index contributed by atoms with van der Waals surface area (Å²) in [6.45, 7) is 8.69. The highest BCUT2D eigenvalue weighted by Gasteiger charge is 2.26. The Kier molecular flexibility index (Phi) is 7.10. The largest absolute Gasteiger partial charge is 0.489 e. The van der Waals surface area contributed by atoms with Gasteiger partial charge in [-0.05, 0) is 45.4 Å². The highest BCUT2D eigenvalue weighted by molar-refractivity contribution is 5.81. The zero-order valence-corrected chi connectivity index (χ0v) is 17.8. The molecule has 0 saturated carbocycles. The van der Waals surface area contributed by atoms with Crippen LogP contribution in [0.5, 0.6) is 5.75 Å². The lowest BCUT2D eigenvalue weighted by atomic mass is 10.1. The lowest BCUT2D eigenvalue weighted by molar-refractivity contribution is -0.156. The summed E-state index contributed by atoms with van der Waals surface area (Å²) in [6.07, 6.45) is 0.0475. The number of carbonyl (C=O) groups is 2. The topological polar surface area (TPSA) is 91.1 Å². The van der Waals surface area contributed by atoms with Gasteiger partial charge in [0.1, 0.15) is 18.1 Å². The van der Waals surface area contributed by atoms with Gasteiger partial charge in [0, 0.05) is 13.1 Å². The normalized spacial score (nSPS) is 18.9. The van der Waals surface area contributed by atoms with Gasteiger partial charge in [0.2, 0.25) is 0 Å². The van der Waals surface area contributed by atoms with E-state index >= 15 is 0 Å². The van der Waals surface area contributed by atoms with Crippen LogP contribution >= 0.6 is 0 Å². The molecular formula is C22H28N2O6. The fourth-order valence-electron chi connectivity index (χ4n) is 3.40. The van der Waals surface area contributed by atoms with Crippen LogP contribution in [0.25, 0.3) is 0 Å². The van der Waals surface area contributed by atoms with Crippen molar-refractivity contribution in [3.8, 4) is 5.75 Å². The van der Waals surface area contributed by atoms with E-state index in [-0.39, 0.29) is 31.1 Å². The third-order valence-corrected chi connectivity index (χ3v) is 4.97. The Morgan fingerprint density at radius 1 is 1.13 bits per heavy atom. The predicted molar refractivity (Wildman–Crippen MR) is 108 cm³/mol. The number of morpholine rings is 1. The Balaban J connectivity index is 1.43. The summed E-state index contributed by atoms with van der Waals surface area (Å²) in [6, 6.07) is 7.19. The minimum absolute atomic E-state index is 0.0215. The summed E-state index contributed by atoms with van der Waals surface area (Å²) >= 11 is 0. The number of hydrogen-bond acceptors (Lipinski definition) is 7. The van der Waals surface area contributed by atoms with Crippen molar-refractivity contribution in [2.24, 2.45) is 0 Å². The van der Waals surface area contributed by atoms with Crippen molar-refractivity contribution in [3.05, 3.63) is 46.8 Å². The summed E-state index contributed by atoms with van der Waals surface area (Å²) in [5, 5.41) is 3.90. The molecule has 1 aliphatic rings. The second kappa shape index (κ2) is 9.75. The van der Waals surface area contributed by atoms with Crippen LogP contribution in [0.3, 0.4) is 0 Å². The molecule has 0 bridgehead atoms. The third kappa shape index (κ3) is 5.82. The van der Waals surface area contributed by atoms with Crippen LogP contribution in [0.2, 0.25) is 0 Å². The molecule has 1 fully saturated rings. The molecule has 0 spiro atoms. The Morgan fingerprint density at radius 3 is 2.40 bits per heavy atom. The van der Waals surface area contributed by atoms with Gasteiger partial charge < -0.3 is 23.6 Å². The lowest BCUT2D eigenvalue weighted by Crippen LogP contribution is -2.49. The highest BCUT2D eigenvalue weighted by atomic mass is 16.5. The molecule has 0 unspecified atom stereocenters. The number of carbonyl (C=O) groups excluding carboxylic acids is 2. The Labute approximate surface area is 176 Å². The van der Waals surface area contributed by atoms with E-state index in [1.165, 1.54) is 0 Å². The van der Waals surface area contributed by atoms with Gasteiger partial charge in [-0.1, -0.05) is 17.3 Å². The number of aryl methyl sites for hydroxylation is 2. The second-order valence-corrected chi connectivity index (χ2v) is 7.63. The SMILES string of the molecule is Cc1noc(C)c1COc1ccc(CC(=O)OCC(=O)N2C[C@H](C)O[C@@H](C)C2)cc1. The van der Waals surface area contributed by atoms with Crippen molar-refractivity contribution in [3.63, 3.8) is 0 Å². The number of aromatic nitrogens is 1.